The number of nitrogens with zero attached hydrogens (tertiary/aromatic N) is 1. The molecule has 1 amide bonds. The van der Waals surface area contributed by atoms with Crippen molar-refractivity contribution in [1.82, 2.24) is 10.3 Å². The number of pyridine rings is 1. The van der Waals surface area contributed by atoms with E-state index >= 15 is 0 Å². The Hall–Kier alpha value is -1.40. The van der Waals surface area contributed by atoms with Gasteiger partial charge in [0.05, 0.1) is 12.2 Å². The van der Waals surface area contributed by atoms with Gasteiger partial charge >= 0.3 is 6.09 Å². The smallest absolute Gasteiger partial charge is 0.404 e. The fourth-order valence-electron chi connectivity index (χ4n) is 2.73. The summed E-state index contributed by atoms with van der Waals surface area (Å²) in [7, 11) is -1.57. The van der Waals surface area contributed by atoms with Crippen LogP contribution in [-0.2, 0) is 17.4 Å². The Morgan fingerprint density at radius 2 is 1.68 bits per heavy atom. The van der Waals surface area contributed by atoms with Gasteiger partial charge in [0.1, 0.15) is 0 Å². The molecule has 0 aromatic carbocycles. The molecule has 0 saturated carbocycles. The first-order valence-electron chi connectivity index (χ1n) is 10.7. The van der Waals surface area contributed by atoms with Crippen LogP contribution in [-0.4, -0.2) is 31.1 Å². The number of hydrogen-bond acceptors (Lipinski definition) is 3. The van der Waals surface area contributed by atoms with E-state index in [0.29, 0.717) is 5.04 Å². The maximum Gasteiger partial charge on any atom is 0.404 e. The number of nitrogens with one attached hydrogen (secondary N) is 1. The predicted molar refractivity (Wildman–Crippen MR) is 118 cm³/mol. The molecule has 2 N–H and O–H groups in total. The third kappa shape index (κ3) is 10.2. The van der Waals surface area contributed by atoms with Crippen molar-refractivity contribution in [2.24, 2.45) is 0 Å². The molecule has 0 radical (unpaired) electrons. The summed E-state index contributed by atoms with van der Waals surface area (Å²) in [5.74, 6) is 0. The van der Waals surface area contributed by atoms with Crippen molar-refractivity contribution in [1.29, 1.82) is 0 Å². The SMILES string of the molecule is CC(C)(C)[Si](C)(C)OCCCCCCCCCc1ccc(CNC(=O)O)nc1. The average molecular weight is 409 g/mol. The van der Waals surface area contributed by atoms with E-state index in [2.05, 4.69) is 44.2 Å². The van der Waals surface area contributed by atoms with E-state index in [1.807, 2.05) is 18.3 Å². The fraction of sp³-hybridized carbons (Fsp3) is 0.727. The van der Waals surface area contributed by atoms with Crippen molar-refractivity contribution in [3.8, 4) is 0 Å². The van der Waals surface area contributed by atoms with E-state index in [-0.39, 0.29) is 6.54 Å². The number of aromatic nitrogens is 1. The fourth-order valence-corrected chi connectivity index (χ4v) is 3.82. The lowest BCUT2D eigenvalue weighted by Crippen LogP contribution is -2.40. The largest absolute Gasteiger partial charge is 0.465 e. The van der Waals surface area contributed by atoms with Crippen LogP contribution in [0.2, 0.25) is 18.1 Å². The topological polar surface area (TPSA) is 71.5 Å². The van der Waals surface area contributed by atoms with Crippen LogP contribution < -0.4 is 5.32 Å². The summed E-state index contributed by atoms with van der Waals surface area (Å²) in [6.07, 6.45) is 10.7. The standard InChI is InChI=1S/C22H40N2O3Si/c1-22(2,3)28(4,5)27-16-12-10-8-6-7-9-11-13-19-14-15-20(23-17-19)18-24-21(25)26/h14-15,17,24H,6-13,16,18H2,1-5H3,(H,25,26). The van der Waals surface area contributed by atoms with Crippen LogP contribution in [0.4, 0.5) is 4.79 Å². The minimum Gasteiger partial charge on any atom is -0.465 e. The Balaban J connectivity index is 2.01. The molecule has 6 heteroatoms. The van der Waals surface area contributed by atoms with Crippen LogP contribution in [0.3, 0.4) is 0 Å². The molecular weight excluding hydrogens is 368 g/mol. The minimum atomic E-state index is -1.57. The van der Waals surface area contributed by atoms with Gasteiger partial charge in [0.2, 0.25) is 0 Å². The summed E-state index contributed by atoms with van der Waals surface area (Å²) in [4.78, 5) is 14.8. The molecule has 0 aliphatic rings. The van der Waals surface area contributed by atoms with Gasteiger partial charge in [0.25, 0.3) is 0 Å². The third-order valence-corrected chi connectivity index (χ3v) is 10.2. The van der Waals surface area contributed by atoms with Gasteiger partial charge in [-0.1, -0.05) is 58.9 Å². The van der Waals surface area contributed by atoms with E-state index < -0.39 is 14.4 Å². The van der Waals surface area contributed by atoms with E-state index in [1.165, 1.54) is 50.5 Å². The molecule has 5 nitrogen and oxygen atoms in total. The van der Waals surface area contributed by atoms with Gasteiger partial charge < -0.3 is 14.8 Å². The molecule has 28 heavy (non-hydrogen) atoms. The number of hydrogen-bond donors (Lipinski definition) is 2. The van der Waals surface area contributed by atoms with Crippen molar-refractivity contribution >= 4 is 14.4 Å². The Morgan fingerprint density at radius 1 is 1.07 bits per heavy atom. The molecule has 0 aliphatic carbocycles. The zero-order valence-electron chi connectivity index (χ0n) is 18.5. The van der Waals surface area contributed by atoms with Gasteiger partial charge in [0, 0.05) is 12.8 Å². The highest BCUT2D eigenvalue weighted by Gasteiger charge is 2.36. The Morgan fingerprint density at radius 3 is 2.21 bits per heavy atom. The second kappa shape index (κ2) is 12.2. The molecule has 160 valence electrons. The first-order chi connectivity index (χ1) is 13.1. The average Bonchev–Trinajstić information content (AvgIpc) is 2.61. The highest BCUT2D eigenvalue weighted by molar-refractivity contribution is 6.74. The van der Waals surface area contributed by atoms with E-state index in [9.17, 15) is 4.79 Å². The highest BCUT2D eigenvalue weighted by atomic mass is 28.4. The zero-order chi connectivity index (χ0) is 21.0. The Labute approximate surface area is 172 Å². The summed E-state index contributed by atoms with van der Waals surface area (Å²) in [5.41, 5.74) is 1.98. The summed E-state index contributed by atoms with van der Waals surface area (Å²) in [6.45, 7) is 12.7. The normalized spacial score (nSPS) is 12.2. The van der Waals surface area contributed by atoms with Crippen molar-refractivity contribution < 1.29 is 14.3 Å². The number of unbranched alkanes of at least 4 members (excludes halogenated alkanes) is 6. The van der Waals surface area contributed by atoms with Gasteiger partial charge in [0.15, 0.2) is 8.32 Å². The number of carboxylic acid groups (broad SMARTS) is 1. The first-order valence-corrected chi connectivity index (χ1v) is 13.6. The molecule has 0 bridgehead atoms. The molecule has 1 aromatic rings. The highest BCUT2D eigenvalue weighted by Crippen LogP contribution is 2.36. The van der Waals surface area contributed by atoms with Crippen molar-refractivity contribution in [3.05, 3.63) is 29.6 Å². The predicted octanol–water partition coefficient (Wildman–Crippen LogP) is 6.14. The van der Waals surface area contributed by atoms with Gasteiger partial charge in [-0.05, 0) is 49.0 Å². The Kier molecular flexibility index (Phi) is 10.8. The second-order valence-corrected chi connectivity index (χ2v) is 14.0. The summed E-state index contributed by atoms with van der Waals surface area (Å²) < 4.78 is 6.22. The monoisotopic (exact) mass is 408 g/mol. The van der Waals surface area contributed by atoms with Crippen LogP contribution in [0.25, 0.3) is 0 Å². The number of amides is 1. The maximum absolute atomic E-state index is 10.5. The number of rotatable bonds is 13. The third-order valence-electron chi connectivity index (χ3n) is 5.69. The molecule has 0 atom stereocenters. The lowest BCUT2D eigenvalue weighted by atomic mass is 10.1. The summed E-state index contributed by atoms with van der Waals surface area (Å²) in [6, 6.07) is 3.95. The maximum atomic E-state index is 10.5. The molecule has 1 aromatic heterocycles. The number of carbonyl (C=O) groups is 1. The molecule has 0 saturated heterocycles. The molecule has 1 rings (SSSR count). The van der Waals surface area contributed by atoms with Crippen LogP contribution >= 0.6 is 0 Å². The van der Waals surface area contributed by atoms with Gasteiger partial charge in [-0.2, -0.15) is 0 Å². The van der Waals surface area contributed by atoms with Gasteiger partial charge in [-0.3, -0.25) is 4.98 Å². The Bertz CT molecular complexity index is 568. The molecule has 0 unspecified atom stereocenters. The van der Waals surface area contributed by atoms with E-state index in [0.717, 1.165) is 18.7 Å². The minimum absolute atomic E-state index is 0.260. The van der Waals surface area contributed by atoms with Crippen LogP contribution in [0.1, 0.15) is 77.0 Å². The molecule has 0 aliphatic heterocycles. The lowest BCUT2D eigenvalue weighted by Gasteiger charge is -2.36. The van der Waals surface area contributed by atoms with Crippen molar-refractivity contribution in [2.45, 2.75) is 96.8 Å². The molecule has 0 spiro atoms. The second-order valence-electron chi connectivity index (χ2n) is 9.15. The molecule has 0 fully saturated rings. The van der Waals surface area contributed by atoms with Crippen LogP contribution in [0.15, 0.2) is 18.3 Å². The van der Waals surface area contributed by atoms with Crippen molar-refractivity contribution in [2.75, 3.05) is 6.61 Å². The van der Waals surface area contributed by atoms with Crippen molar-refractivity contribution in [3.63, 3.8) is 0 Å². The molecule has 1 heterocycles. The summed E-state index contributed by atoms with van der Waals surface area (Å²) in [5, 5.41) is 11.2. The lowest BCUT2D eigenvalue weighted by molar-refractivity contribution is 0.194. The zero-order valence-corrected chi connectivity index (χ0v) is 19.5. The first kappa shape index (κ1) is 24.6. The van der Waals surface area contributed by atoms with E-state index in [4.69, 9.17) is 9.53 Å². The molecular formula is C22H40N2O3Si. The number of aryl methyl sites for hydroxylation is 1. The van der Waals surface area contributed by atoms with Gasteiger partial charge in [-0.25, -0.2) is 4.79 Å². The van der Waals surface area contributed by atoms with Crippen LogP contribution in [0.5, 0.6) is 0 Å². The van der Waals surface area contributed by atoms with Crippen LogP contribution in [0, 0.1) is 0 Å². The quantitative estimate of drug-likeness (QED) is 0.303. The summed E-state index contributed by atoms with van der Waals surface area (Å²) >= 11 is 0. The van der Waals surface area contributed by atoms with E-state index in [1.54, 1.807) is 0 Å². The van der Waals surface area contributed by atoms with Gasteiger partial charge in [-0.15, -0.1) is 0 Å².